The van der Waals surface area contributed by atoms with Crippen molar-refractivity contribution in [3.05, 3.63) is 87.3 Å². The molecule has 0 saturated carbocycles. The number of imidazole rings is 1. The van der Waals surface area contributed by atoms with Crippen LogP contribution in [-0.4, -0.2) is 31.4 Å². The number of nitrogens with one attached hydrogen (secondary N) is 1. The molecule has 1 aromatic carbocycles. The van der Waals surface area contributed by atoms with Crippen LogP contribution in [0.15, 0.2) is 59.2 Å². The Morgan fingerprint density at radius 1 is 1.25 bits per heavy atom. The van der Waals surface area contributed by atoms with Crippen molar-refractivity contribution in [2.75, 3.05) is 6.54 Å². The molecule has 0 atom stereocenters. The average molecular weight is 393 g/mol. The van der Waals surface area contributed by atoms with Gasteiger partial charge in [0.1, 0.15) is 0 Å². The van der Waals surface area contributed by atoms with E-state index < -0.39 is 0 Å². The number of rotatable bonds is 6. The Morgan fingerprint density at radius 2 is 2.07 bits per heavy atom. The minimum Gasteiger partial charge on any atom is -0.352 e. The van der Waals surface area contributed by atoms with Gasteiger partial charge >= 0.3 is 0 Å². The van der Waals surface area contributed by atoms with Gasteiger partial charge in [-0.3, -0.25) is 14.0 Å². The van der Waals surface area contributed by atoms with Crippen LogP contribution in [0.2, 0.25) is 0 Å². The van der Waals surface area contributed by atoms with Gasteiger partial charge in [0.25, 0.3) is 11.5 Å². The third-order valence-corrected chi connectivity index (χ3v) is 5.29. The second-order valence-corrected chi connectivity index (χ2v) is 7.36. The predicted molar refractivity (Wildman–Crippen MR) is 108 cm³/mol. The zero-order valence-corrected chi connectivity index (χ0v) is 16.1. The summed E-state index contributed by atoms with van der Waals surface area (Å²) in [4.78, 5) is 33.6. The van der Waals surface area contributed by atoms with E-state index in [4.69, 9.17) is 0 Å². The molecule has 0 aliphatic heterocycles. The topological polar surface area (TPSA) is 81.3 Å². The highest BCUT2D eigenvalue weighted by molar-refractivity contribution is 7.15. The molecule has 8 heteroatoms. The smallest absolute Gasteiger partial charge is 0.258 e. The standard InChI is InChI=1S/C20H19N5O2S/c1-14-10-18(26)25-17(12-28-20(25)23-14)6-7-22-19(27)16-4-2-15(3-5-16)11-24-9-8-21-13-24/h2-5,8-10,12-13H,6-7,11H2,1H3,(H,22,27). The molecule has 0 aliphatic rings. The van der Waals surface area contributed by atoms with Gasteiger partial charge < -0.3 is 9.88 Å². The number of nitrogens with zero attached hydrogens (tertiary/aromatic N) is 4. The summed E-state index contributed by atoms with van der Waals surface area (Å²) in [6.45, 7) is 2.97. The highest BCUT2D eigenvalue weighted by Crippen LogP contribution is 2.13. The minimum atomic E-state index is -0.130. The summed E-state index contributed by atoms with van der Waals surface area (Å²) in [5, 5.41) is 4.83. The van der Waals surface area contributed by atoms with E-state index in [2.05, 4.69) is 15.3 Å². The first-order chi connectivity index (χ1) is 13.6. The molecule has 1 amide bonds. The average Bonchev–Trinajstić information content (AvgIpc) is 3.32. The molecule has 0 spiro atoms. The summed E-state index contributed by atoms with van der Waals surface area (Å²) >= 11 is 1.43. The van der Waals surface area contributed by atoms with Gasteiger partial charge in [-0.25, -0.2) is 9.97 Å². The van der Waals surface area contributed by atoms with Gasteiger partial charge in [-0.15, -0.1) is 11.3 Å². The number of aryl methyl sites for hydroxylation is 1. The third-order valence-electron chi connectivity index (χ3n) is 4.41. The van der Waals surface area contributed by atoms with Crippen LogP contribution in [0.25, 0.3) is 4.96 Å². The minimum absolute atomic E-state index is 0.0847. The summed E-state index contributed by atoms with van der Waals surface area (Å²) in [5.41, 5.74) is 3.19. The van der Waals surface area contributed by atoms with E-state index in [1.165, 1.54) is 17.4 Å². The molecule has 28 heavy (non-hydrogen) atoms. The van der Waals surface area contributed by atoms with Crippen LogP contribution < -0.4 is 10.9 Å². The molecule has 0 saturated heterocycles. The van der Waals surface area contributed by atoms with Crippen LogP contribution >= 0.6 is 11.3 Å². The van der Waals surface area contributed by atoms with E-state index in [1.807, 2.05) is 47.3 Å². The van der Waals surface area contributed by atoms with Gasteiger partial charge in [0.05, 0.1) is 6.33 Å². The highest BCUT2D eigenvalue weighted by atomic mass is 32.1. The lowest BCUT2D eigenvalue weighted by Crippen LogP contribution is -2.26. The Kier molecular flexibility index (Phi) is 5.03. The van der Waals surface area contributed by atoms with Crippen molar-refractivity contribution < 1.29 is 4.79 Å². The van der Waals surface area contributed by atoms with Crippen LogP contribution in [0.1, 0.15) is 27.3 Å². The number of benzene rings is 1. The molecular formula is C20H19N5O2S. The van der Waals surface area contributed by atoms with E-state index >= 15 is 0 Å². The molecule has 3 aromatic heterocycles. The Bertz CT molecular complexity index is 1160. The number of carbonyl (C=O) groups excluding carboxylic acids is 1. The van der Waals surface area contributed by atoms with Gasteiger partial charge in [-0.2, -0.15) is 0 Å². The van der Waals surface area contributed by atoms with Gasteiger partial charge in [0, 0.05) is 60.3 Å². The predicted octanol–water partition coefficient (Wildman–Crippen LogP) is 2.28. The molecule has 7 nitrogen and oxygen atoms in total. The Balaban J connectivity index is 1.36. The molecule has 4 rings (SSSR count). The largest absolute Gasteiger partial charge is 0.352 e. The fourth-order valence-corrected chi connectivity index (χ4v) is 3.99. The number of thiazole rings is 1. The van der Waals surface area contributed by atoms with Crippen LogP contribution in [0.3, 0.4) is 0 Å². The number of hydrogen-bond acceptors (Lipinski definition) is 5. The third kappa shape index (κ3) is 3.86. The first kappa shape index (κ1) is 18.1. The first-order valence-corrected chi connectivity index (χ1v) is 9.78. The number of aromatic nitrogens is 4. The summed E-state index contributed by atoms with van der Waals surface area (Å²) in [7, 11) is 0. The lowest BCUT2D eigenvalue weighted by Gasteiger charge is -2.07. The number of fused-ring (bicyclic) bond motifs is 1. The summed E-state index contributed by atoms with van der Waals surface area (Å²) in [5.74, 6) is -0.130. The molecule has 0 unspecified atom stereocenters. The fourth-order valence-electron chi connectivity index (χ4n) is 3.02. The van der Waals surface area contributed by atoms with Crippen LogP contribution in [0, 0.1) is 6.92 Å². The van der Waals surface area contributed by atoms with Crippen molar-refractivity contribution in [1.82, 2.24) is 24.3 Å². The summed E-state index contributed by atoms with van der Waals surface area (Å²) in [6.07, 6.45) is 5.97. The Hall–Kier alpha value is -3.26. The quantitative estimate of drug-likeness (QED) is 0.545. The second-order valence-electron chi connectivity index (χ2n) is 6.52. The zero-order chi connectivity index (χ0) is 19.5. The lowest BCUT2D eigenvalue weighted by atomic mass is 10.1. The normalized spacial score (nSPS) is 11.0. The maximum absolute atomic E-state index is 12.4. The van der Waals surface area contributed by atoms with E-state index in [0.29, 0.717) is 29.2 Å². The molecule has 1 N–H and O–H groups in total. The monoisotopic (exact) mass is 393 g/mol. The van der Waals surface area contributed by atoms with Crippen molar-refractivity contribution in [2.24, 2.45) is 0 Å². The molecule has 0 radical (unpaired) electrons. The van der Waals surface area contributed by atoms with Crippen LogP contribution in [0.5, 0.6) is 0 Å². The fraction of sp³-hybridized carbons (Fsp3) is 0.200. The van der Waals surface area contributed by atoms with Gasteiger partial charge in [-0.1, -0.05) is 12.1 Å². The van der Waals surface area contributed by atoms with Gasteiger partial charge in [0.15, 0.2) is 4.96 Å². The van der Waals surface area contributed by atoms with Crippen molar-refractivity contribution in [2.45, 2.75) is 19.9 Å². The van der Waals surface area contributed by atoms with Crippen molar-refractivity contribution >= 4 is 22.2 Å². The van der Waals surface area contributed by atoms with E-state index in [-0.39, 0.29) is 11.5 Å². The molecule has 0 bridgehead atoms. The molecular weight excluding hydrogens is 374 g/mol. The van der Waals surface area contributed by atoms with Crippen LogP contribution in [0.4, 0.5) is 0 Å². The maximum Gasteiger partial charge on any atom is 0.258 e. The van der Waals surface area contributed by atoms with E-state index in [0.717, 1.165) is 17.8 Å². The molecule has 0 aliphatic carbocycles. The van der Waals surface area contributed by atoms with Gasteiger partial charge in [-0.05, 0) is 24.6 Å². The summed E-state index contributed by atoms with van der Waals surface area (Å²) < 4.78 is 3.58. The molecule has 0 fully saturated rings. The maximum atomic E-state index is 12.4. The molecule has 4 aromatic rings. The Morgan fingerprint density at radius 3 is 2.82 bits per heavy atom. The Labute approximate surface area is 165 Å². The lowest BCUT2D eigenvalue weighted by molar-refractivity contribution is 0.0954. The van der Waals surface area contributed by atoms with Crippen LogP contribution in [-0.2, 0) is 13.0 Å². The van der Waals surface area contributed by atoms with E-state index in [1.54, 1.807) is 16.9 Å². The van der Waals surface area contributed by atoms with Crippen molar-refractivity contribution in [3.63, 3.8) is 0 Å². The first-order valence-electron chi connectivity index (χ1n) is 8.90. The SMILES string of the molecule is Cc1cc(=O)n2c(CCNC(=O)c3ccc(Cn4ccnc4)cc3)csc2n1. The number of carbonyl (C=O) groups is 1. The van der Waals surface area contributed by atoms with E-state index in [9.17, 15) is 9.59 Å². The number of amides is 1. The van der Waals surface area contributed by atoms with Crippen molar-refractivity contribution in [1.29, 1.82) is 0 Å². The number of hydrogen-bond donors (Lipinski definition) is 1. The highest BCUT2D eigenvalue weighted by Gasteiger charge is 2.09. The summed E-state index contributed by atoms with van der Waals surface area (Å²) in [6, 6.07) is 9.04. The van der Waals surface area contributed by atoms with Gasteiger partial charge in [0.2, 0.25) is 0 Å². The second kappa shape index (κ2) is 7.77. The van der Waals surface area contributed by atoms with Crippen molar-refractivity contribution in [3.8, 4) is 0 Å². The zero-order valence-electron chi connectivity index (χ0n) is 15.3. The molecule has 142 valence electrons. The molecule has 3 heterocycles.